The van der Waals surface area contributed by atoms with Gasteiger partial charge in [-0.05, 0) is 30.9 Å². The third-order valence-electron chi connectivity index (χ3n) is 5.21. The molecule has 1 heterocycles. The highest BCUT2D eigenvalue weighted by molar-refractivity contribution is 5.19. The van der Waals surface area contributed by atoms with Gasteiger partial charge in [0.15, 0.2) is 0 Å². The van der Waals surface area contributed by atoms with Crippen LogP contribution in [-0.4, -0.2) is 54.6 Å². The van der Waals surface area contributed by atoms with E-state index >= 15 is 0 Å². The summed E-state index contributed by atoms with van der Waals surface area (Å²) in [5.41, 5.74) is -0.408. The van der Waals surface area contributed by atoms with Gasteiger partial charge >= 0.3 is 0 Å². The van der Waals surface area contributed by atoms with Crippen LogP contribution in [-0.2, 0) is 11.2 Å². The van der Waals surface area contributed by atoms with Crippen molar-refractivity contribution < 1.29 is 18.7 Å². The minimum atomic E-state index is -0.983. The van der Waals surface area contributed by atoms with Crippen LogP contribution in [0.15, 0.2) is 24.3 Å². The smallest absolute Gasteiger partial charge is 0.141 e. The molecular weight excluding hydrogens is 269 g/mol. The normalized spacial score (nSPS) is 34.2. The van der Waals surface area contributed by atoms with E-state index in [0.29, 0.717) is 37.8 Å². The molecular formula is C17H25FNO2+. The fourth-order valence-electron chi connectivity index (χ4n) is 3.76. The molecule has 0 aromatic heterocycles. The summed E-state index contributed by atoms with van der Waals surface area (Å²) in [5, 5.41) is 11.0. The van der Waals surface area contributed by atoms with Gasteiger partial charge in [0.2, 0.25) is 0 Å². The SMILES string of the molecule is C[N+]1(C2CCC2)CCOCC(O)(Cc2ccccc2F)C1. The van der Waals surface area contributed by atoms with E-state index in [2.05, 4.69) is 7.05 Å². The van der Waals surface area contributed by atoms with Gasteiger partial charge in [-0.2, -0.15) is 0 Å². The van der Waals surface area contributed by atoms with Crippen molar-refractivity contribution in [3.8, 4) is 0 Å². The number of hydrogen-bond donors (Lipinski definition) is 1. The van der Waals surface area contributed by atoms with Crippen LogP contribution >= 0.6 is 0 Å². The number of hydrogen-bond acceptors (Lipinski definition) is 2. The summed E-state index contributed by atoms with van der Waals surface area (Å²) in [5.74, 6) is -0.243. The van der Waals surface area contributed by atoms with Crippen molar-refractivity contribution in [3.63, 3.8) is 0 Å². The summed E-state index contributed by atoms with van der Waals surface area (Å²) in [7, 11) is 2.21. The maximum atomic E-state index is 13.9. The number of likely N-dealkylation sites (N-methyl/N-ethyl adjacent to an activating group) is 1. The van der Waals surface area contributed by atoms with Gasteiger partial charge in [0.1, 0.15) is 24.5 Å². The number of halogens is 1. The first-order valence-electron chi connectivity index (χ1n) is 7.89. The minimum Gasteiger partial charge on any atom is -0.381 e. The van der Waals surface area contributed by atoms with E-state index in [4.69, 9.17) is 4.74 Å². The fraction of sp³-hybridized carbons (Fsp3) is 0.647. The lowest BCUT2D eigenvalue weighted by molar-refractivity contribution is -0.942. The maximum Gasteiger partial charge on any atom is 0.141 e. The molecule has 4 heteroatoms. The Balaban J connectivity index is 1.79. The Bertz CT molecular complexity index is 505. The maximum absolute atomic E-state index is 13.9. The highest BCUT2D eigenvalue weighted by atomic mass is 19.1. The highest BCUT2D eigenvalue weighted by Crippen LogP contribution is 2.33. The Morgan fingerprint density at radius 1 is 1.38 bits per heavy atom. The van der Waals surface area contributed by atoms with Crippen molar-refractivity contribution in [1.29, 1.82) is 0 Å². The van der Waals surface area contributed by atoms with Crippen LogP contribution < -0.4 is 0 Å². The predicted octanol–water partition coefficient (Wildman–Crippen LogP) is 2.13. The average Bonchev–Trinajstić information content (AvgIpc) is 2.49. The van der Waals surface area contributed by atoms with Gasteiger partial charge in [0.05, 0.1) is 26.3 Å². The van der Waals surface area contributed by atoms with Crippen molar-refractivity contribution in [2.45, 2.75) is 37.3 Å². The molecule has 1 aliphatic carbocycles. The van der Waals surface area contributed by atoms with Gasteiger partial charge in [-0.15, -0.1) is 0 Å². The van der Waals surface area contributed by atoms with Crippen LogP contribution in [0.4, 0.5) is 4.39 Å². The van der Waals surface area contributed by atoms with Crippen LogP contribution in [0, 0.1) is 5.82 Å². The summed E-state index contributed by atoms with van der Waals surface area (Å²) >= 11 is 0. The Kier molecular flexibility index (Phi) is 4.04. The molecule has 0 bridgehead atoms. The summed E-state index contributed by atoms with van der Waals surface area (Å²) in [6, 6.07) is 7.33. The predicted molar refractivity (Wildman–Crippen MR) is 79.4 cm³/mol. The van der Waals surface area contributed by atoms with Crippen LogP contribution in [0.2, 0.25) is 0 Å². The van der Waals surface area contributed by atoms with E-state index in [1.54, 1.807) is 12.1 Å². The van der Waals surface area contributed by atoms with E-state index in [1.807, 2.05) is 6.07 Å². The highest BCUT2D eigenvalue weighted by Gasteiger charge is 2.46. The molecule has 116 valence electrons. The van der Waals surface area contributed by atoms with E-state index in [0.717, 1.165) is 11.0 Å². The molecule has 21 heavy (non-hydrogen) atoms. The van der Waals surface area contributed by atoms with Gasteiger partial charge in [-0.1, -0.05) is 18.2 Å². The van der Waals surface area contributed by atoms with Crippen molar-refractivity contribution in [2.24, 2.45) is 0 Å². The van der Waals surface area contributed by atoms with Gasteiger partial charge in [-0.3, -0.25) is 0 Å². The Morgan fingerprint density at radius 3 is 2.81 bits per heavy atom. The Morgan fingerprint density at radius 2 is 2.14 bits per heavy atom. The molecule has 2 fully saturated rings. The summed E-state index contributed by atoms with van der Waals surface area (Å²) in [4.78, 5) is 0. The second-order valence-corrected chi connectivity index (χ2v) is 6.99. The van der Waals surface area contributed by atoms with E-state index in [9.17, 15) is 9.50 Å². The van der Waals surface area contributed by atoms with E-state index in [1.165, 1.54) is 25.3 Å². The minimum absolute atomic E-state index is 0.243. The Labute approximate surface area is 125 Å². The quantitative estimate of drug-likeness (QED) is 0.866. The number of benzene rings is 1. The monoisotopic (exact) mass is 294 g/mol. The zero-order chi connectivity index (χ0) is 14.9. The number of nitrogens with zero attached hydrogens (tertiary/aromatic N) is 1. The summed E-state index contributed by atoms with van der Waals surface area (Å²) < 4.78 is 20.4. The van der Waals surface area contributed by atoms with Gasteiger partial charge in [0, 0.05) is 6.42 Å². The van der Waals surface area contributed by atoms with Crippen LogP contribution in [0.5, 0.6) is 0 Å². The number of quaternary nitrogens is 1. The molecule has 2 aliphatic rings. The zero-order valence-corrected chi connectivity index (χ0v) is 12.7. The average molecular weight is 294 g/mol. The third kappa shape index (κ3) is 3.12. The van der Waals surface area contributed by atoms with Gasteiger partial charge < -0.3 is 14.3 Å². The van der Waals surface area contributed by atoms with Crippen LogP contribution in [0.25, 0.3) is 0 Å². The summed E-state index contributed by atoms with van der Waals surface area (Å²) in [6.45, 7) is 2.55. The largest absolute Gasteiger partial charge is 0.381 e. The summed E-state index contributed by atoms with van der Waals surface area (Å²) in [6.07, 6.45) is 4.06. The Hall–Kier alpha value is -0.970. The molecule has 2 atom stereocenters. The molecule has 3 rings (SSSR count). The van der Waals surface area contributed by atoms with Crippen molar-refractivity contribution in [1.82, 2.24) is 0 Å². The lowest BCUT2D eigenvalue weighted by Crippen LogP contribution is -2.62. The van der Waals surface area contributed by atoms with Crippen LogP contribution in [0.3, 0.4) is 0 Å². The number of aliphatic hydroxyl groups is 1. The molecule has 1 aromatic carbocycles. The lowest BCUT2D eigenvalue weighted by atomic mass is 9.86. The molecule has 1 aliphatic heterocycles. The van der Waals surface area contributed by atoms with Gasteiger partial charge in [-0.25, -0.2) is 4.39 Å². The molecule has 0 amide bonds. The molecule has 1 aromatic rings. The molecule has 2 unspecified atom stereocenters. The van der Waals surface area contributed by atoms with Gasteiger partial charge in [0.25, 0.3) is 0 Å². The lowest BCUT2D eigenvalue weighted by Gasteiger charge is -2.47. The van der Waals surface area contributed by atoms with E-state index < -0.39 is 5.60 Å². The molecule has 0 spiro atoms. The third-order valence-corrected chi connectivity index (χ3v) is 5.21. The van der Waals surface area contributed by atoms with E-state index in [-0.39, 0.29) is 5.82 Å². The molecule has 1 saturated heterocycles. The molecule has 1 N–H and O–H groups in total. The van der Waals surface area contributed by atoms with Crippen LogP contribution in [0.1, 0.15) is 24.8 Å². The molecule has 1 saturated carbocycles. The fourth-order valence-corrected chi connectivity index (χ4v) is 3.76. The first kappa shape index (κ1) is 14.9. The zero-order valence-electron chi connectivity index (χ0n) is 12.7. The standard InChI is InChI=1S/C17H25FNO2/c1-19(15-6-4-7-15)9-10-21-13-17(20,12-19)11-14-5-2-3-8-16(14)18/h2-3,5,8,15,20H,4,6-7,9-13H2,1H3/q+1. The molecule has 3 nitrogen and oxygen atoms in total. The second kappa shape index (κ2) is 5.67. The number of ether oxygens (including phenoxy) is 1. The van der Waals surface area contributed by atoms with Crippen molar-refractivity contribution in [3.05, 3.63) is 35.6 Å². The van der Waals surface area contributed by atoms with Crippen molar-refractivity contribution >= 4 is 0 Å². The number of rotatable bonds is 3. The molecule has 0 radical (unpaired) electrons. The van der Waals surface area contributed by atoms with Crippen molar-refractivity contribution in [2.75, 3.05) is 33.4 Å². The second-order valence-electron chi connectivity index (χ2n) is 6.99. The first-order chi connectivity index (χ1) is 10.0. The topological polar surface area (TPSA) is 29.5 Å². The first-order valence-corrected chi connectivity index (χ1v) is 7.89.